The lowest BCUT2D eigenvalue weighted by atomic mass is 9.74. The number of nitrogens with one attached hydrogen (secondary N) is 1. The molecule has 9 heteroatoms. The standard InChI is InChI=1S/C22H29F3N4O2/c1-4-31-14-21-12-28(20(30)27-15(2)3)8-7-17(21)11-29(13-21)18-6-5-16(10-26)19(9-18)22(23,24)25/h5-6,9,15,17H,4,7-8,11-14H2,1-3H3,(H,27,30). The summed E-state index contributed by atoms with van der Waals surface area (Å²) in [5, 5.41) is 12.0. The van der Waals surface area contributed by atoms with Gasteiger partial charge in [-0.2, -0.15) is 18.4 Å². The summed E-state index contributed by atoms with van der Waals surface area (Å²) < 4.78 is 46.1. The minimum Gasteiger partial charge on any atom is -0.381 e. The number of amides is 2. The Morgan fingerprint density at radius 1 is 1.39 bits per heavy atom. The second kappa shape index (κ2) is 8.95. The number of urea groups is 1. The number of hydrogen-bond donors (Lipinski definition) is 1. The Morgan fingerprint density at radius 3 is 2.74 bits per heavy atom. The van der Waals surface area contributed by atoms with Crippen LogP contribution in [0.5, 0.6) is 0 Å². The number of nitriles is 1. The summed E-state index contributed by atoms with van der Waals surface area (Å²) in [6.45, 7) is 8.87. The van der Waals surface area contributed by atoms with Crippen molar-refractivity contribution in [3.63, 3.8) is 0 Å². The third kappa shape index (κ3) is 4.90. The summed E-state index contributed by atoms with van der Waals surface area (Å²) >= 11 is 0. The molecule has 2 aliphatic heterocycles. The lowest BCUT2D eigenvalue weighted by Gasteiger charge is -2.43. The van der Waals surface area contributed by atoms with Gasteiger partial charge in [0.2, 0.25) is 0 Å². The van der Waals surface area contributed by atoms with E-state index in [4.69, 9.17) is 10.00 Å². The predicted molar refractivity (Wildman–Crippen MR) is 111 cm³/mol. The van der Waals surface area contributed by atoms with E-state index in [-0.39, 0.29) is 29.0 Å². The molecule has 2 heterocycles. The molecule has 0 spiro atoms. The predicted octanol–water partition coefficient (Wildman–Crippen LogP) is 3.86. The largest absolute Gasteiger partial charge is 0.417 e. The van der Waals surface area contributed by atoms with E-state index >= 15 is 0 Å². The van der Waals surface area contributed by atoms with E-state index in [1.807, 2.05) is 25.7 Å². The molecule has 1 aromatic rings. The van der Waals surface area contributed by atoms with Crippen molar-refractivity contribution in [1.82, 2.24) is 10.2 Å². The highest BCUT2D eigenvalue weighted by Crippen LogP contribution is 2.45. The normalized spacial score (nSPS) is 23.6. The molecule has 0 radical (unpaired) electrons. The van der Waals surface area contributed by atoms with Crippen molar-refractivity contribution in [3.05, 3.63) is 29.3 Å². The lowest BCUT2D eigenvalue weighted by molar-refractivity contribution is -0.137. The number of nitrogens with zero attached hydrogens (tertiary/aromatic N) is 3. The van der Waals surface area contributed by atoms with Crippen molar-refractivity contribution in [2.75, 3.05) is 44.3 Å². The van der Waals surface area contributed by atoms with Crippen molar-refractivity contribution in [1.29, 1.82) is 5.26 Å². The quantitative estimate of drug-likeness (QED) is 0.758. The zero-order valence-corrected chi connectivity index (χ0v) is 18.1. The first kappa shape index (κ1) is 23.2. The van der Waals surface area contributed by atoms with Crippen LogP contribution in [0.2, 0.25) is 0 Å². The Hall–Kier alpha value is -2.47. The SMILES string of the molecule is CCOCC12CN(C(=O)NC(C)C)CCC1CN(c1ccc(C#N)c(C(F)(F)F)c1)C2. The van der Waals surface area contributed by atoms with Gasteiger partial charge in [0.25, 0.3) is 0 Å². The minimum atomic E-state index is -4.59. The maximum Gasteiger partial charge on any atom is 0.417 e. The Labute approximate surface area is 180 Å². The fraction of sp³-hybridized carbons (Fsp3) is 0.636. The zero-order chi connectivity index (χ0) is 22.8. The highest BCUT2D eigenvalue weighted by Gasteiger charge is 2.51. The number of alkyl halides is 3. The summed E-state index contributed by atoms with van der Waals surface area (Å²) in [4.78, 5) is 16.3. The molecular formula is C22H29F3N4O2. The Morgan fingerprint density at radius 2 is 2.13 bits per heavy atom. The second-order valence-electron chi connectivity index (χ2n) is 8.73. The molecule has 0 aliphatic carbocycles. The van der Waals surface area contributed by atoms with Crippen molar-refractivity contribution >= 4 is 11.7 Å². The fourth-order valence-electron chi connectivity index (χ4n) is 4.66. The molecule has 2 fully saturated rings. The molecule has 1 aromatic carbocycles. The molecule has 1 N–H and O–H groups in total. The molecule has 2 saturated heterocycles. The van der Waals surface area contributed by atoms with Crippen molar-refractivity contribution in [3.8, 4) is 6.07 Å². The first-order chi connectivity index (χ1) is 14.6. The molecule has 0 aromatic heterocycles. The van der Waals surface area contributed by atoms with Crippen LogP contribution in [-0.2, 0) is 10.9 Å². The van der Waals surface area contributed by atoms with E-state index in [0.717, 1.165) is 12.5 Å². The van der Waals surface area contributed by atoms with Gasteiger partial charge in [0.15, 0.2) is 0 Å². The van der Waals surface area contributed by atoms with Gasteiger partial charge in [-0.1, -0.05) is 0 Å². The molecule has 170 valence electrons. The molecule has 3 rings (SSSR count). The van der Waals surface area contributed by atoms with Gasteiger partial charge >= 0.3 is 12.2 Å². The molecule has 0 saturated carbocycles. The number of ether oxygens (including phenoxy) is 1. The lowest BCUT2D eigenvalue weighted by Crippen LogP contribution is -2.56. The number of halogens is 3. The number of hydrogen-bond acceptors (Lipinski definition) is 4. The summed E-state index contributed by atoms with van der Waals surface area (Å²) in [7, 11) is 0. The third-order valence-corrected chi connectivity index (χ3v) is 6.15. The Balaban J connectivity index is 1.87. The van der Waals surface area contributed by atoms with Crippen LogP contribution < -0.4 is 10.2 Å². The van der Waals surface area contributed by atoms with Crippen LogP contribution >= 0.6 is 0 Å². The van der Waals surface area contributed by atoms with Crippen molar-refractivity contribution in [2.24, 2.45) is 11.3 Å². The average molecular weight is 438 g/mol. The van der Waals surface area contributed by atoms with Gasteiger partial charge in [-0.15, -0.1) is 0 Å². The highest BCUT2D eigenvalue weighted by molar-refractivity contribution is 5.74. The van der Waals surface area contributed by atoms with Gasteiger partial charge in [0.1, 0.15) is 0 Å². The number of benzene rings is 1. The monoisotopic (exact) mass is 438 g/mol. The number of fused-ring (bicyclic) bond motifs is 1. The molecule has 2 unspecified atom stereocenters. The van der Waals surface area contributed by atoms with Gasteiger partial charge < -0.3 is 19.9 Å². The molecule has 2 aliphatic rings. The molecule has 0 bridgehead atoms. The molecule has 6 nitrogen and oxygen atoms in total. The number of carbonyl (C=O) groups is 1. The van der Waals surface area contributed by atoms with Crippen LogP contribution in [-0.4, -0.2) is 56.4 Å². The van der Waals surface area contributed by atoms with E-state index < -0.39 is 11.7 Å². The Bertz CT molecular complexity index is 852. The second-order valence-corrected chi connectivity index (χ2v) is 8.73. The smallest absolute Gasteiger partial charge is 0.381 e. The first-order valence-corrected chi connectivity index (χ1v) is 10.6. The van der Waals surface area contributed by atoms with Crippen LogP contribution in [0.3, 0.4) is 0 Å². The fourth-order valence-corrected chi connectivity index (χ4v) is 4.66. The first-order valence-electron chi connectivity index (χ1n) is 10.6. The van der Waals surface area contributed by atoms with E-state index in [1.165, 1.54) is 6.07 Å². The van der Waals surface area contributed by atoms with E-state index in [1.54, 1.807) is 17.0 Å². The number of rotatable bonds is 5. The number of anilines is 1. The summed E-state index contributed by atoms with van der Waals surface area (Å²) in [5.74, 6) is 0.201. The average Bonchev–Trinajstić information content (AvgIpc) is 3.09. The van der Waals surface area contributed by atoms with Crippen molar-refractivity contribution in [2.45, 2.75) is 39.4 Å². The van der Waals surface area contributed by atoms with Crippen LogP contribution in [0.1, 0.15) is 38.3 Å². The molecule has 2 amide bonds. The highest BCUT2D eigenvalue weighted by atomic mass is 19.4. The number of likely N-dealkylation sites (tertiary alicyclic amines) is 1. The van der Waals surface area contributed by atoms with Crippen LogP contribution in [0, 0.1) is 22.7 Å². The topological polar surface area (TPSA) is 68.6 Å². The zero-order valence-electron chi connectivity index (χ0n) is 18.1. The summed E-state index contributed by atoms with van der Waals surface area (Å²) in [6.07, 6.45) is -3.83. The van der Waals surface area contributed by atoms with Gasteiger partial charge in [0.05, 0.1) is 23.8 Å². The Kier molecular flexibility index (Phi) is 6.70. The third-order valence-electron chi connectivity index (χ3n) is 6.15. The number of piperidine rings is 1. The van der Waals surface area contributed by atoms with Gasteiger partial charge in [0, 0.05) is 49.9 Å². The van der Waals surface area contributed by atoms with Crippen LogP contribution in [0.4, 0.5) is 23.7 Å². The van der Waals surface area contributed by atoms with Crippen LogP contribution in [0.15, 0.2) is 18.2 Å². The minimum absolute atomic E-state index is 0.0209. The summed E-state index contributed by atoms with van der Waals surface area (Å²) in [6, 6.07) is 5.39. The van der Waals surface area contributed by atoms with Gasteiger partial charge in [-0.25, -0.2) is 4.79 Å². The molecular weight excluding hydrogens is 409 g/mol. The van der Waals surface area contributed by atoms with Crippen LogP contribution in [0.25, 0.3) is 0 Å². The molecule has 2 atom stereocenters. The van der Waals surface area contributed by atoms with E-state index in [2.05, 4.69) is 5.32 Å². The van der Waals surface area contributed by atoms with Gasteiger partial charge in [-0.3, -0.25) is 0 Å². The van der Waals surface area contributed by atoms with E-state index in [9.17, 15) is 18.0 Å². The molecule has 31 heavy (non-hydrogen) atoms. The number of carbonyl (C=O) groups excluding carboxylic acids is 1. The van der Waals surface area contributed by atoms with E-state index in [0.29, 0.717) is 45.1 Å². The maximum absolute atomic E-state index is 13.4. The summed E-state index contributed by atoms with van der Waals surface area (Å²) in [5.41, 5.74) is -1.21. The van der Waals surface area contributed by atoms with Crippen molar-refractivity contribution < 1.29 is 22.7 Å². The van der Waals surface area contributed by atoms with Gasteiger partial charge in [-0.05, 0) is 51.3 Å². The maximum atomic E-state index is 13.4.